The second-order valence-electron chi connectivity index (χ2n) is 3.13. The van der Waals surface area contributed by atoms with Crippen molar-refractivity contribution in [2.75, 3.05) is 6.61 Å². The monoisotopic (exact) mass is 330 g/mol. The van der Waals surface area contributed by atoms with E-state index in [1.807, 2.05) is 12.1 Å². The highest BCUT2D eigenvalue weighted by atomic mass is 127. The molecule has 0 aliphatic rings. The number of hydrogen-bond donors (Lipinski definition) is 0. The highest BCUT2D eigenvalue weighted by molar-refractivity contribution is 14.1. The number of thiophene rings is 1. The van der Waals surface area contributed by atoms with Crippen molar-refractivity contribution in [3.8, 4) is 5.75 Å². The Labute approximate surface area is 107 Å². The molecular formula is C12H11IOS. The molecule has 1 nitrogen and oxygen atoms in total. The zero-order chi connectivity index (χ0) is 10.5. The molecular weight excluding hydrogens is 319 g/mol. The van der Waals surface area contributed by atoms with Gasteiger partial charge in [0.2, 0.25) is 0 Å². The maximum absolute atomic E-state index is 5.64. The van der Waals surface area contributed by atoms with Crippen molar-refractivity contribution in [1.29, 1.82) is 0 Å². The first-order chi connectivity index (χ1) is 7.34. The molecule has 0 N–H and O–H groups in total. The molecule has 0 aliphatic carbocycles. The van der Waals surface area contributed by atoms with E-state index in [1.54, 1.807) is 11.3 Å². The van der Waals surface area contributed by atoms with Gasteiger partial charge in [0.15, 0.2) is 0 Å². The van der Waals surface area contributed by atoms with E-state index in [2.05, 4.69) is 52.2 Å². The highest BCUT2D eigenvalue weighted by Gasteiger charge is 1.96. The topological polar surface area (TPSA) is 9.23 Å². The van der Waals surface area contributed by atoms with E-state index in [-0.39, 0.29) is 0 Å². The molecule has 0 radical (unpaired) electrons. The van der Waals surface area contributed by atoms with E-state index < -0.39 is 0 Å². The minimum absolute atomic E-state index is 0.751. The molecule has 0 spiro atoms. The Bertz CT molecular complexity index is 394. The van der Waals surface area contributed by atoms with Crippen LogP contribution >= 0.6 is 33.9 Å². The van der Waals surface area contributed by atoms with E-state index >= 15 is 0 Å². The lowest BCUT2D eigenvalue weighted by Gasteiger charge is -2.04. The molecule has 0 amide bonds. The van der Waals surface area contributed by atoms with Crippen molar-refractivity contribution in [2.45, 2.75) is 6.42 Å². The predicted octanol–water partition coefficient (Wildman–Crippen LogP) is 3.97. The van der Waals surface area contributed by atoms with Crippen LogP contribution in [0.25, 0.3) is 0 Å². The second-order valence-corrected chi connectivity index (χ2v) is 5.41. The number of benzene rings is 1. The van der Waals surface area contributed by atoms with Crippen LogP contribution in [0.5, 0.6) is 5.75 Å². The van der Waals surface area contributed by atoms with E-state index in [0.717, 1.165) is 18.8 Å². The molecule has 78 valence electrons. The Hall–Kier alpha value is -0.550. The summed E-state index contributed by atoms with van der Waals surface area (Å²) in [4.78, 5) is 1.38. The van der Waals surface area contributed by atoms with Gasteiger partial charge in [-0.2, -0.15) is 0 Å². The van der Waals surface area contributed by atoms with Gasteiger partial charge in [0.25, 0.3) is 0 Å². The summed E-state index contributed by atoms with van der Waals surface area (Å²) in [6, 6.07) is 12.3. The van der Waals surface area contributed by atoms with Crippen LogP contribution in [-0.2, 0) is 6.42 Å². The fourth-order valence-electron chi connectivity index (χ4n) is 1.26. The van der Waals surface area contributed by atoms with Gasteiger partial charge in [-0.05, 0) is 58.3 Å². The lowest BCUT2D eigenvalue weighted by Crippen LogP contribution is -1.99. The van der Waals surface area contributed by atoms with Gasteiger partial charge in [-0.25, -0.2) is 0 Å². The maximum atomic E-state index is 5.64. The van der Waals surface area contributed by atoms with Crippen molar-refractivity contribution < 1.29 is 4.74 Å². The molecule has 0 aliphatic heterocycles. The van der Waals surface area contributed by atoms with Gasteiger partial charge in [0, 0.05) is 14.9 Å². The Morgan fingerprint density at radius 1 is 1.13 bits per heavy atom. The molecule has 1 heterocycles. The maximum Gasteiger partial charge on any atom is 0.119 e. The summed E-state index contributed by atoms with van der Waals surface area (Å²) in [5, 5.41) is 2.10. The van der Waals surface area contributed by atoms with Crippen LogP contribution in [0.4, 0.5) is 0 Å². The Morgan fingerprint density at radius 3 is 2.60 bits per heavy atom. The van der Waals surface area contributed by atoms with Crippen LogP contribution in [0.1, 0.15) is 4.88 Å². The number of hydrogen-bond acceptors (Lipinski definition) is 2. The molecule has 0 unspecified atom stereocenters. The Kier molecular flexibility index (Phi) is 4.02. The Balaban J connectivity index is 1.81. The van der Waals surface area contributed by atoms with Crippen molar-refractivity contribution in [1.82, 2.24) is 0 Å². The predicted molar refractivity (Wildman–Crippen MR) is 72.7 cm³/mol. The van der Waals surface area contributed by atoms with Gasteiger partial charge >= 0.3 is 0 Å². The lowest BCUT2D eigenvalue weighted by molar-refractivity contribution is 0.323. The Morgan fingerprint density at radius 2 is 1.93 bits per heavy atom. The van der Waals surface area contributed by atoms with E-state index in [4.69, 9.17) is 4.74 Å². The first-order valence-corrected chi connectivity index (χ1v) is 6.71. The first kappa shape index (κ1) is 11.0. The molecule has 0 bridgehead atoms. The largest absolute Gasteiger partial charge is 0.493 e. The van der Waals surface area contributed by atoms with Gasteiger partial charge in [-0.1, -0.05) is 6.07 Å². The third kappa shape index (κ3) is 3.50. The van der Waals surface area contributed by atoms with Crippen LogP contribution in [0.2, 0.25) is 0 Å². The van der Waals surface area contributed by atoms with Crippen LogP contribution in [-0.4, -0.2) is 6.61 Å². The van der Waals surface area contributed by atoms with Gasteiger partial charge in [-0.3, -0.25) is 0 Å². The third-order valence-electron chi connectivity index (χ3n) is 2.01. The fourth-order valence-corrected chi connectivity index (χ4v) is 2.30. The fraction of sp³-hybridized carbons (Fsp3) is 0.167. The summed E-state index contributed by atoms with van der Waals surface area (Å²) in [6.45, 7) is 0.751. The molecule has 0 atom stereocenters. The van der Waals surface area contributed by atoms with Crippen LogP contribution in [0.15, 0.2) is 41.8 Å². The lowest BCUT2D eigenvalue weighted by atomic mass is 10.3. The molecule has 0 saturated heterocycles. The molecule has 1 aromatic carbocycles. The molecule has 1 aromatic heterocycles. The van der Waals surface area contributed by atoms with Crippen LogP contribution < -0.4 is 4.74 Å². The molecule has 0 fully saturated rings. The summed E-state index contributed by atoms with van der Waals surface area (Å²) in [5.74, 6) is 0.951. The van der Waals surface area contributed by atoms with Gasteiger partial charge in [0.05, 0.1) is 6.61 Å². The van der Waals surface area contributed by atoms with Crippen molar-refractivity contribution in [3.05, 3.63) is 50.2 Å². The van der Waals surface area contributed by atoms with Crippen molar-refractivity contribution >= 4 is 33.9 Å². The zero-order valence-corrected chi connectivity index (χ0v) is 11.1. The minimum atomic E-state index is 0.751. The average molecular weight is 330 g/mol. The number of ether oxygens (including phenoxy) is 1. The molecule has 0 saturated carbocycles. The zero-order valence-electron chi connectivity index (χ0n) is 8.15. The molecule has 3 heteroatoms. The first-order valence-electron chi connectivity index (χ1n) is 4.75. The van der Waals surface area contributed by atoms with Crippen molar-refractivity contribution in [3.63, 3.8) is 0 Å². The number of halogens is 1. The third-order valence-corrected chi connectivity index (χ3v) is 3.67. The number of rotatable bonds is 4. The smallest absolute Gasteiger partial charge is 0.119 e. The highest BCUT2D eigenvalue weighted by Crippen LogP contribution is 2.14. The minimum Gasteiger partial charge on any atom is -0.493 e. The van der Waals surface area contributed by atoms with Crippen LogP contribution in [0, 0.1) is 3.57 Å². The summed E-state index contributed by atoms with van der Waals surface area (Å²) in [5.41, 5.74) is 0. The SMILES string of the molecule is Ic1ccc(OCCc2cccs2)cc1. The van der Waals surface area contributed by atoms with Gasteiger partial charge < -0.3 is 4.74 Å². The summed E-state index contributed by atoms with van der Waals surface area (Å²) in [7, 11) is 0. The molecule has 2 rings (SSSR count). The summed E-state index contributed by atoms with van der Waals surface area (Å²) in [6.07, 6.45) is 0.990. The standard InChI is InChI=1S/C12H11IOS/c13-10-3-5-11(6-4-10)14-8-7-12-2-1-9-15-12/h1-6,9H,7-8H2. The normalized spacial score (nSPS) is 10.2. The van der Waals surface area contributed by atoms with E-state index in [9.17, 15) is 0 Å². The summed E-state index contributed by atoms with van der Waals surface area (Å²) < 4.78 is 6.87. The second kappa shape index (κ2) is 5.51. The summed E-state index contributed by atoms with van der Waals surface area (Å²) >= 11 is 4.07. The molecule has 2 aromatic rings. The molecule has 15 heavy (non-hydrogen) atoms. The van der Waals surface area contributed by atoms with Crippen molar-refractivity contribution in [2.24, 2.45) is 0 Å². The average Bonchev–Trinajstić information content (AvgIpc) is 2.74. The van der Waals surface area contributed by atoms with Crippen LogP contribution in [0.3, 0.4) is 0 Å². The quantitative estimate of drug-likeness (QED) is 0.771. The van der Waals surface area contributed by atoms with E-state index in [1.165, 1.54) is 8.45 Å². The van der Waals surface area contributed by atoms with E-state index in [0.29, 0.717) is 0 Å². The van der Waals surface area contributed by atoms with Gasteiger partial charge in [0.1, 0.15) is 5.75 Å². The van der Waals surface area contributed by atoms with Gasteiger partial charge in [-0.15, -0.1) is 11.3 Å².